The van der Waals surface area contributed by atoms with E-state index in [4.69, 9.17) is 22.4 Å². The van der Waals surface area contributed by atoms with Crippen molar-refractivity contribution < 1.29 is 9.90 Å². The van der Waals surface area contributed by atoms with Crippen molar-refractivity contribution in [2.24, 2.45) is 0 Å². The summed E-state index contributed by atoms with van der Waals surface area (Å²) >= 11 is 5.56. The number of anilines is 1. The fraction of sp³-hybridized carbons (Fsp3) is 0.143. The predicted molar refractivity (Wildman–Crippen MR) is 45.0 cm³/mol. The second kappa shape index (κ2) is 3.40. The van der Waals surface area contributed by atoms with E-state index in [2.05, 4.69) is 4.98 Å². The van der Waals surface area contributed by atoms with E-state index >= 15 is 0 Å². The number of halogens is 1. The van der Waals surface area contributed by atoms with Crippen molar-refractivity contribution in [3.63, 3.8) is 0 Å². The first-order chi connectivity index (χ1) is 5.59. The van der Waals surface area contributed by atoms with E-state index in [1.807, 2.05) is 0 Å². The molecular weight excluding hydrogens is 180 g/mol. The third-order valence-electron chi connectivity index (χ3n) is 1.29. The molecule has 12 heavy (non-hydrogen) atoms. The molecule has 0 aliphatic heterocycles. The largest absolute Gasteiger partial charge is 0.481 e. The Balaban J connectivity index is 2.93. The summed E-state index contributed by atoms with van der Waals surface area (Å²) in [6.45, 7) is 0. The van der Waals surface area contributed by atoms with Gasteiger partial charge in [0.25, 0.3) is 0 Å². The average Bonchev–Trinajstić information content (AvgIpc) is 1.94. The monoisotopic (exact) mass is 186 g/mol. The molecule has 0 radical (unpaired) electrons. The summed E-state index contributed by atoms with van der Waals surface area (Å²) < 4.78 is 0. The minimum Gasteiger partial charge on any atom is -0.481 e. The van der Waals surface area contributed by atoms with E-state index in [0.717, 1.165) is 0 Å². The van der Waals surface area contributed by atoms with Crippen LogP contribution in [0.5, 0.6) is 0 Å². The highest BCUT2D eigenvalue weighted by Crippen LogP contribution is 2.15. The molecule has 1 aromatic rings. The van der Waals surface area contributed by atoms with Crippen LogP contribution in [-0.4, -0.2) is 16.1 Å². The topological polar surface area (TPSA) is 76.2 Å². The Hall–Kier alpha value is -1.29. The number of hydrogen-bond donors (Lipinski definition) is 2. The van der Waals surface area contributed by atoms with Gasteiger partial charge in [-0.25, -0.2) is 0 Å². The zero-order valence-corrected chi connectivity index (χ0v) is 6.88. The second-order valence-electron chi connectivity index (χ2n) is 2.26. The normalized spacial score (nSPS) is 9.75. The lowest BCUT2D eigenvalue weighted by atomic mass is 10.2. The molecule has 0 unspecified atom stereocenters. The van der Waals surface area contributed by atoms with Crippen molar-refractivity contribution in [2.75, 3.05) is 5.73 Å². The highest BCUT2D eigenvalue weighted by molar-refractivity contribution is 6.30. The minimum absolute atomic E-state index is 0.178. The number of carboxylic acids is 1. The van der Waals surface area contributed by atoms with Crippen LogP contribution in [0.4, 0.5) is 5.69 Å². The Kier molecular flexibility index (Phi) is 2.50. The summed E-state index contributed by atoms with van der Waals surface area (Å²) in [5, 5.41) is 8.84. The zero-order chi connectivity index (χ0) is 9.14. The molecule has 0 aromatic carbocycles. The van der Waals surface area contributed by atoms with Gasteiger partial charge in [-0.2, -0.15) is 0 Å². The van der Waals surface area contributed by atoms with Crippen molar-refractivity contribution in [3.8, 4) is 0 Å². The molecule has 64 valence electrons. The third-order valence-corrected chi connectivity index (χ3v) is 1.50. The molecule has 0 fully saturated rings. The minimum atomic E-state index is -0.962. The first kappa shape index (κ1) is 8.80. The molecule has 1 rings (SSSR count). The van der Waals surface area contributed by atoms with E-state index in [1.54, 1.807) is 0 Å². The van der Waals surface area contributed by atoms with Crippen molar-refractivity contribution in [1.82, 2.24) is 4.98 Å². The Morgan fingerprint density at radius 2 is 2.42 bits per heavy atom. The zero-order valence-electron chi connectivity index (χ0n) is 6.12. The van der Waals surface area contributed by atoms with Gasteiger partial charge in [-0.3, -0.25) is 9.78 Å². The molecule has 0 aliphatic carbocycles. The third kappa shape index (κ3) is 2.10. The molecule has 0 amide bonds. The number of aliphatic carboxylic acids is 1. The standard InChI is InChI=1S/C7H7ClN2O2/c8-4-1-5(9)6(10-3-4)2-7(11)12/h1,3H,2,9H2,(H,11,12). The lowest BCUT2D eigenvalue weighted by Crippen LogP contribution is -2.05. The maximum atomic E-state index is 10.3. The molecule has 1 aromatic heterocycles. The molecule has 0 aliphatic rings. The lowest BCUT2D eigenvalue weighted by Gasteiger charge is -2.00. The molecule has 0 saturated heterocycles. The van der Waals surface area contributed by atoms with Gasteiger partial charge in [0.15, 0.2) is 0 Å². The van der Waals surface area contributed by atoms with Gasteiger partial charge in [-0.15, -0.1) is 0 Å². The van der Waals surface area contributed by atoms with Gasteiger partial charge < -0.3 is 10.8 Å². The van der Waals surface area contributed by atoms with Crippen LogP contribution in [0, 0.1) is 0 Å². The molecule has 1 heterocycles. The molecule has 0 saturated carbocycles. The number of nitrogens with zero attached hydrogens (tertiary/aromatic N) is 1. The molecule has 0 bridgehead atoms. The molecule has 5 heteroatoms. The fourth-order valence-electron chi connectivity index (χ4n) is 0.774. The van der Waals surface area contributed by atoms with Crippen LogP contribution < -0.4 is 5.73 Å². The van der Waals surface area contributed by atoms with Crippen LogP contribution in [-0.2, 0) is 11.2 Å². The summed E-state index contributed by atoms with van der Waals surface area (Å²) in [5.41, 5.74) is 6.11. The maximum absolute atomic E-state index is 10.3. The quantitative estimate of drug-likeness (QED) is 0.721. The van der Waals surface area contributed by atoms with E-state index in [9.17, 15) is 4.79 Å². The Morgan fingerprint density at radius 3 is 2.92 bits per heavy atom. The summed E-state index contributed by atoms with van der Waals surface area (Å²) in [4.78, 5) is 14.1. The van der Waals surface area contributed by atoms with Crippen molar-refractivity contribution in [2.45, 2.75) is 6.42 Å². The molecule has 0 spiro atoms. The van der Waals surface area contributed by atoms with Crippen LogP contribution in [0.2, 0.25) is 5.02 Å². The van der Waals surface area contributed by atoms with E-state index in [1.165, 1.54) is 12.3 Å². The van der Waals surface area contributed by atoms with E-state index in [0.29, 0.717) is 16.4 Å². The summed E-state index contributed by atoms with van der Waals surface area (Å²) in [6.07, 6.45) is 1.19. The van der Waals surface area contributed by atoms with Gasteiger partial charge in [0.2, 0.25) is 0 Å². The fourth-order valence-corrected chi connectivity index (χ4v) is 0.941. The van der Waals surface area contributed by atoms with Crippen LogP contribution in [0.1, 0.15) is 5.69 Å². The van der Waals surface area contributed by atoms with Gasteiger partial charge in [0.1, 0.15) is 0 Å². The van der Waals surface area contributed by atoms with Gasteiger partial charge in [0, 0.05) is 6.20 Å². The summed E-state index contributed by atoms with van der Waals surface area (Å²) in [5.74, 6) is -0.962. The molecule has 0 atom stereocenters. The van der Waals surface area contributed by atoms with Crippen molar-refractivity contribution in [3.05, 3.63) is 23.0 Å². The number of carbonyl (C=O) groups is 1. The number of nitrogens with two attached hydrogens (primary N) is 1. The first-order valence-corrected chi connectivity index (χ1v) is 3.59. The van der Waals surface area contributed by atoms with Gasteiger partial charge in [0.05, 0.1) is 22.8 Å². The lowest BCUT2D eigenvalue weighted by molar-refractivity contribution is -0.136. The molecule has 4 nitrogen and oxygen atoms in total. The highest BCUT2D eigenvalue weighted by Gasteiger charge is 2.05. The number of nitrogen functional groups attached to an aromatic ring is 1. The van der Waals surface area contributed by atoms with Gasteiger partial charge in [-0.05, 0) is 6.07 Å². The number of hydrogen-bond acceptors (Lipinski definition) is 3. The SMILES string of the molecule is Nc1cc(Cl)cnc1CC(=O)O. The summed E-state index contributed by atoms with van der Waals surface area (Å²) in [7, 11) is 0. The second-order valence-corrected chi connectivity index (χ2v) is 2.70. The van der Waals surface area contributed by atoms with Crippen molar-refractivity contribution >= 4 is 23.3 Å². The maximum Gasteiger partial charge on any atom is 0.309 e. The Morgan fingerprint density at radius 1 is 1.75 bits per heavy atom. The Bertz CT molecular complexity index is 314. The smallest absolute Gasteiger partial charge is 0.309 e. The highest BCUT2D eigenvalue weighted by atomic mass is 35.5. The molecular formula is C7H7ClN2O2. The van der Waals surface area contributed by atoms with E-state index in [-0.39, 0.29) is 6.42 Å². The number of aromatic nitrogens is 1. The number of carboxylic acid groups (broad SMARTS) is 1. The summed E-state index contributed by atoms with van der Waals surface area (Å²) in [6, 6.07) is 1.48. The van der Waals surface area contributed by atoms with Crippen LogP contribution in [0.25, 0.3) is 0 Å². The van der Waals surface area contributed by atoms with Crippen molar-refractivity contribution in [1.29, 1.82) is 0 Å². The Labute approximate surface area is 74.0 Å². The average molecular weight is 187 g/mol. The van der Waals surface area contributed by atoms with Crippen LogP contribution >= 0.6 is 11.6 Å². The van der Waals surface area contributed by atoms with Gasteiger partial charge >= 0.3 is 5.97 Å². The first-order valence-electron chi connectivity index (χ1n) is 3.21. The predicted octanol–water partition coefficient (Wildman–Crippen LogP) is 0.944. The molecule has 3 N–H and O–H groups in total. The van der Waals surface area contributed by atoms with E-state index < -0.39 is 5.97 Å². The van der Waals surface area contributed by atoms with Gasteiger partial charge in [-0.1, -0.05) is 11.6 Å². The van der Waals surface area contributed by atoms with Crippen LogP contribution in [0.3, 0.4) is 0 Å². The number of rotatable bonds is 2. The number of pyridine rings is 1. The van der Waals surface area contributed by atoms with Crippen LogP contribution in [0.15, 0.2) is 12.3 Å².